The maximum absolute atomic E-state index is 13.3. The van der Waals surface area contributed by atoms with Crippen molar-refractivity contribution < 1.29 is 4.39 Å². The molecule has 0 saturated carbocycles. The molecule has 3 heterocycles. The minimum atomic E-state index is -0.260. The number of hydrogen-bond acceptors (Lipinski definition) is 3. The number of hydrogen-bond donors (Lipinski definition) is 1. The molecule has 4 nitrogen and oxygen atoms in total. The lowest BCUT2D eigenvalue weighted by Crippen LogP contribution is -2.11. The highest BCUT2D eigenvalue weighted by atomic mass is 32.1. The molecule has 4 aromatic rings. The molecule has 0 amide bonds. The van der Waals surface area contributed by atoms with Gasteiger partial charge in [-0.3, -0.25) is 4.79 Å². The average Bonchev–Trinajstić information content (AvgIpc) is 3.20. The van der Waals surface area contributed by atoms with Gasteiger partial charge in [-0.1, -0.05) is 0 Å². The van der Waals surface area contributed by atoms with E-state index in [1.54, 1.807) is 23.5 Å². The zero-order chi connectivity index (χ0) is 19.4. The fourth-order valence-corrected chi connectivity index (χ4v) is 5.54. The number of aryl methyl sites for hydroxylation is 3. The summed E-state index contributed by atoms with van der Waals surface area (Å²) in [6, 6.07) is 8.44. The molecule has 1 N–H and O–H groups in total. The van der Waals surface area contributed by atoms with E-state index in [0.29, 0.717) is 5.82 Å². The number of benzene rings is 1. The first-order valence-electron chi connectivity index (χ1n) is 9.53. The third-order valence-electron chi connectivity index (χ3n) is 5.60. The van der Waals surface area contributed by atoms with E-state index in [1.807, 2.05) is 19.9 Å². The number of thiophene rings is 1. The number of nitrogens with one attached hydrogen (secondary N) is 1. The molecule has 6 heteroatoms. The molecule has 0 spiro atoms. The molecule has 1 aliphatic rings. The standard InChI is InChI=1S/C22H20FN3OS/c1-12-11-17(13(2)26(12)15-9-7-14(23)8-10-15)20-24-21(27)19-16-5-3-4-6-18(16)28-22(19)25-20/h7-11H,3-6H2,1-2H3,(H,24,25,27). The molecule has 0 unspecified atom stereocenters. The summed E-state index contributed by atoms with van der Waals surface area (Å²) in [7, 11) is 0. The summed E-state index contributed by atoms with van der Waals surface area (Å²) in [4.78, 5) is 22.9. The van der Waals surface area contributed by atoms with Gasteiger partial charge in [-0.05, 0) is 75.4 Å². The van der Waals surface area contributed by atoms with E-state index in [4.69, 9.17) is 4.98 Å². The van der Waals surface area contributed by atoms with E-state index in [0.717, 1.165) is 52.1 Å². The summed E-state index contributed by atoms with van der Waals surface area (Å²) in [6.45, 7) is 4.00. The fraction of sp³-hybridized carbons (Fsp3) is 0.273. The number of H-pyrrole nitrogens is 1. The van der Waals surface area contributed by atoms with Crippen LogP contribution >= 0.6 is 11.3 Å². The van der Waals surface area contributed by atoms with Gasteiger partial charge in [-0.15, -0.1) is 11.3 Å². The Kier molecular flexibility index (Phi) is 3.98. The zero-order valence-corrected chi connectivity index (χ0v) is 16.6. The molecule has 1 aliphatic carbocycles. The topological polar surface area (TPSA) is 50.7 Å². The Hall–Kier alpha value is -2.73. The van der Waals surface area contributed by atoms with Crippen molar-refractivity contribution in [3.63, 3.8) is 0 Å². The van der Waals surface area contributed by atoms with Gasteiger partial charge in [0.05, 0.1) is 5.39 Å². The Labute approximate surface area is 165 Å². The minimum absolute atomic E-state index is 0.0500. The summed E-state index contributed by atoms with van der Waals surface area (Å²) in [5.74, 6) is 0.335. The van der Waals surface area contributed by atoms with Gasteiger partial charge in [0, 0.05) is 27.5 Å². The third kappa shape index (κ3) is 2.63. The van der Waals surface area contributed by atoms with Crippen molar-refractivity contribution in [2.24, 2.45) is 0 Å². The lowest BCUT2D eigenvalue weighted by molar-refractivity contribution is 0.627. The normalized spacial score (nSPS) is 13.8. The zero-order valence-electron chi connectivity index (χ0n) is 15.8. The maximum Gasteiger partial charge on any atom is 0.260 e. The highest BCUT2D eigenvalue weighted by molar-refractivity contribution is 7.18. The van der Waals surface area contributed by atoms with E-state index >= 15 is 0 Å². The van der Waals surface area contributed by atoms with E-state index in [9.17, 15) is 9.18 Å². The second-order valence-electron chi connectivity index (χ2n) is 7.40. The van der Waals surface area contributed by atoms with Crippen molar-refractivity contribution in [1.29, 1.82) is 0 Å². The molecule has 1 aromatic carbocycles. The lowest BCUT2D eigenvalue weighted by atomic mass is 9.97. The Balaban J connectivity index is 1.68. The molecule has 0 fully saturated rings. The molecule has 142 valence electrons. The van der Waals surface area contributed by atoms with Gasteiger partial charge in [0.25, 0.3) is 5.56 Å². The van der Waals surface area contributed by atoms with Crippen molar-refractivity contribution in [1.82, 2.24) is 14.5 Å². The van der Waals surface area contributed by atoms with Crippen LogP contribution < -0.4 is 5.56 Å². The predicted molar refractivity (Wildman–Crippen MR) is 111 cm³/mol. The Morgan fingerprint density at radius 3 is 2.68 bits per heavy atom. The van der Waals surface area contributed by atoms with Crippen LogP contribution in [0.2, 0.25) is 0 Å². The first-order valence-corrected chi connectivity index (χ1v) is 10.3. The van der Waals surface area contributed by atoms with Crippen LogP contribution in [-0.2, 0) is 12.8 Å². The van der Waals surface area contributed by atoms with E-state index in [2.05, 4.69) is 9.55 Å². The first kappa shape index (κ1) is 17.4. The van der Waals surface area contributed by atoms with E-state index in [1.165, 1.54) is 29.0 Å². The number of nitrogens with zero attached hydrogens (tertiary/aromatic N) is 2. The Bertz CT molecular complexity index is 1260. The highest BCUT2D eigenvalue weighted by Crippen LogP contribution is 2.35. The number of aromatic amines is 1. The predicted octanol–water partition coefficient (Wildman–Crippen LogP) is 5.08. The monoisotopic (exact) mass is 393 g/mol. The molecule has 28 heavy (non-hydrogen) atoms. The Morgan fingerprint density at radius 2 is 1.89 bits per heavy atom. The quantitative estimate of drug-likeness (QED) is 0.516. The van der Waals surface area contributed by atoms with Gasteiger partial charge >= 0.3 is 0 Å². The number of halogens is 1. The molecule has 0 atom stereocenters. The van der Waals surface area contributed by atoms with Crippen molar-refractivity contribution >= 4 is 21.6 Å². The van der Waals surface area contributed by atoms with Crippen LogP contribution in [0.4, 0.5) is 4.39 Å². The second kappa shape index (κ2) is 6.41. The van der Waals surface area contributed by atoms with Crippen molar-refractivity contribution in [2.75, 3.05) is 0 Å². The van der Waals surface area contributed by atoms with Crippen LogP contribution in [0, 0.1) is 19.7 Å². The summed E-state index contributed by atoms with van der Waals surface area (Å²) in [6.07, 6.45) is 4.34. The first-order chi connectivity index (χ1) is 13.5. The minimum Gasteiger partial charge on any atom is -0.318 e. The van der Waals surface area contributed by atoms with Crippen LogP contribution in [0.3, 0.4) is 0 Å². The number of rotatable bonds is 2. The van der Waals surface area contributed by atoms with Gasteiger partial charge in [-0.2, -0.15) is 0 Å². The smallest absolute Gasteiger partial charge is 0.260 e. The molecular formula is C22H20FN3OS. The fourth-order valence-electron chi connectivity index (χ4n) is 4.28. The van der Waals surface area contributed by atoms with Gasteiger partial charge in [0.1, 0.15) is 16.5 Å². The molecule has 5 rings (SSSR count). The largest absolute Gasteiger partial charge is 0.318 e. The molecule has 0 bridgehead atoms. The second-order valence-corrected chi connectivity index (χ2v) is 8.49. The summed E-state index contributed by atoms with van der Waals surface area (Å²) < 4.78 is 15.4. The number of fused-ring (bicyclic) bond motifs is 3. The van der Waals surface area contributed by atoms with Gasteiger partial charge in [-0.25, -0.2) is 9.37 Å². The van der Waals surface area contributed by atoms with Gasteiger partial charge in [0.2, 0.25) is 0 Å². The highest BCUT2D eigenvalue weighted by Gasteiger charge is 2.21. The van der Waals surface area contributed by atoms with Crippen molar-refractivity contribution in [3.05, 3.63) is 68.3 Å². The molecule has 0 aliphatic heterocycles. The van der Waals surface area contributed by atoms with Crippen LogP contribution in [-0.4, -0.2) is 14.5 Å². The summed E-state index contributed by atoms with van der Waals surface area (Å²) >= 11 is 1.66. The van der Waals surface area contributed by atoms with E-state index < -0.39 is 0 Å². The SMILES string of the molecule is Cc1cc(-c2nc3sc4c(c3c(=O)[nH]2)CCCC4)c(C)n1-c1ccc(F)cc1. The summed E-state index contributed by atoms with van der Waals surface area (Å²) in [5.41, 5.74) is 4.90. The van der Waals surface area contributed by atoms with Crippen LogP contribution in [0.25, 0.3) is 27.3 Å². The van der Waals surface area contributed by atoms with E-state index in [-0.39, 0.29) is 11.4 Å². The van der Waals surface area contributed by atoms with Crippen LogP contribution in [0.15, 0.2) is 35.1 Å². The molecule has 0 saturated heterocycles. The average molecular weight is 393 g/mol. The van der Waals surface area contributed by atoms with Crippen molar-refractivity contribution in [3.8, 4) is 17.1 Å². The maximum atomic E-state index is 13.3. The van der Waals surface area contributed by atoms with Crippen LogP contribution in [0.1, 0.15) is 34.7 Å². The third-order valence-corrected chi connectivity index (χ3v) is 6.78. The molecular weight excluding hydrogens is 373 g/mol. The van der Waals surface area contributed by atoms with Crippen molar-refractivity contribution in [2.45, 2.75) is 39.5 Å². The van der Waals surface area contributed by atoms with Crippen LogP contribution in [0.5, 0.6) is 0 Å². The number of aromatic nitrogens is 3. The molecule has 3 aromatic heterocycles. The van der Waals surface area contributed by atoms with Gasteiger partial charge < -0.3 is 9.55 Å². The van der Waals surface area contributed by atoms with Gasteiger partial charge in [0.15, 0.2) is 0 Å². The lowest BCUT2D eigenvalue weighted by Gasteiger charge is -2.10. The Morgan fingerprint density at radius 1 is 1.14 bits per heavy atom. The molecule has 0 radical (unpaired) electrons. The summed E-state index contributed by atoms with van der Waals surface area (Å²) in [5, 5.41) is 0.774.